The first-order valence-electron chi connectivity index (χ1n) is 5.81. The average molecular weight is 237 g/mol. The first-order chi connectivity index (χ1) is 8.15. The Morgan fingerprint density at radius 1 is 1.47 bits per heavy atom. The van der Waals surface area contributed by atoms with Crippen LogP contribution in [0.5, 0.6) is 5.75 Å². The molecule has 4 heteroatoms. The number of hydrogen-bond acceptors (Lipinski definition) is 3. The molecule has 2 N–H and O–H groups in total. The molecule has 0 unspecified atom stereocenters. The van der Waals surface area contributed by atoms with Crippen LogP contribution in [-0.2, 0) is 9.53 Å². The van der Waals surface area contributed by atoms with E-state index < -0.39 is 0 Å². The largest absolute Gasteiger partial charge is 0.508 e. The van der Waals surface area contributed by atoms with E-state index in [4.69, 9.17) is 4.74 Å². The summed E-state index contributed by atoms with van der Waals surface area (Å²) < 4.78 is 5.16. The highest BCUT2D eigenvalue weighted by Gasteiger charge is 2.06. The molecule has 1 amide bonds. The first-order valence-corrected chi connectivity index (χ1v) is 5.81. The van der Waals surface area contributed by atoms with Crippen molar-refractivity contribution in [3.8, 4) is 5.75 Å². The smallest absolute Gasteiger partial charge is 0.224 e. The zero-order valence-corrected chi connectivity index (χ0v) is 10.3. The van der Waals surface area contributed by atoms with Gasteiger partial charge < -0.3 is 15.2 Å². The van der Waals surface area contributed by atoms with Crippen molar-refractivity contribution in [2.75, 3.05) is 18.5 Å². The van der Waals surface area contributed by atoms with Gasteiger partial charge in [-0.3, -0.25) is 4.79 Å². The second-order valence-corrected chi connectivity index (χ2v) is 3.80. The highest BCUT2D eigenvalue weighted by molar-refractivity contribution is 5.91. The standard InChI is InChI=1S/C13H19NO3/c1-3-17-9-5-8-13(16)14-11-6-4-7-12(15)10(11)2/h4,6-7,15H,3,5,8-9H2,1-2H3,(H,14,16). The topological polar surface area (TPSA) is 58.6 Å². The zero-order valence-electron chi connectivity index (χ0n) is 10.3. The molecule has 4 nitrogen and oxygen atoms in total. The molecule has 0 saturated carbocycles. The molecule has 0 aliphatic rings. The molecule has 0 spiro atoms. The number of phenolic OH excluding ortho intramolecular Hbond substituents is 1. The normalized spacial score (nSPS) is 10.2. The van der Waals surface area contributed by atoms with Crippen molar-refractivity contribution in [2.24, 2.45) is 0 Å². The minimum absolute atomic E-state index is 0.0570. The number of carbonyl (C=O) groups excluding carboxylic acids is 1. The quantitative estimate of drug-likeness (QED) is 0.747. The molecule has 1 rings (SSSR count). The number of aromatic hydroxyl groups is 1. The lowest BCUT2D eigenvalue weighted by Gasteiger charge is -2.09. The average Bonchev–Trinajstić information content (AvgIpc) is 2.31. The molecule has 0 saturated heterocycles. The highest BCUT2D eigenvalue weighted by atomic mass is 16.5. The molecular weight excluding hydrogens is 218 g/mol. The summed E-state index contributed by atoms with van der Waals surface area (Å²) in [5, 5.41) is 12.3. The second-order valence-electron chi connectivity index (χ2n) is 3.80. The van der Waals surface area contributed by atoms with Crippen molar-refractivity contribution in [3.63, 3.8) is 0 Å². The van der Waals surface area contributed by atoms with Crippen LogP contribution in [-0.4, -0.2) is 24.2 Å². The lowest BCUT2D eigenvalue weighted by atomic mass is 10.1. The number of amides is 1. The number of carbonyl (C=O) groups is 1. The zero-order chi connectivity index (χ0) is 12.7. The Morgan fingerprint density at radius 3 is 2.94 bits per heavy atom. The maximum Gasteiger partial charge on any atom is 0.224 e. The van der Waals surface area contributed by atoms with Gasteiger partial charge in [-0.05, 0) is 32.4 Å². The fourth-order valence-corrected chi connectivity index (χ4v) is 1.45. The van der Waals surface area contributed by atoms with Crippen molar-refractivity contribution in [2.45, 2.75) is 26.7 Å². The molecular formula is C13H19NO3. The van der Waals surface area contributed by atoms with E-state index in [1.165, 1.54) is 0 Å². The fraction of sp³-hybridized carbons (Fsp3) is 0.462. The molecule has 0 fully saturated rings. The number of ether oxygens (including phenoxy) is 1. The van der Waals surface area contributed by atoms with Gasteiger partial charge in [0.1, 0.15) is 5.75 Å². The molecule has 0 bridgehead atoms. The Bertz CT molecular complexity index is 377. The third-order valence-electron chi connectivity index (χ3n) is 2.48. The van der Waals surface area contributed by atoms with Gasteiger partial charge in [-0.2, -0.15) is 0 Å². The summed E-state index contributed by atoms with van der Waals surface area (Å²) in [4.78, 5) is 11.6. The van der Waals surface area contributed by atoms with Crippen LogP contribution in [0.3, 0.4) is 0 Å². The van der Waals surface area contributed by atoms with Crippen LogP contribution >= 0.6 is 0 Å². The minimum Gasteiger partial charge on any atom is -0.508 e. The van der Waals surface area contributed by atoms with Crippen molar-refractivity contribution in [3.05, 3.63) is 23.8 Å². The third kappa shape index (κ3) is 4.44. The van der Waals surface area contributed by atoms with Gasteiger partial charge in [-0.1, -0.05) is 6.07 Å². The van der Waals surface area contributed by atoms with E-state index in [2.05, 4.69) is 5.32 Å². The summed E-state index contributed by atoms with van der Waals surface area (Å²) in [5.41, 5.74) is 1.34. The molecule has 1 aromatic carbocycles. The fourth-order valence-electron chi connectivity index (χ4n) is 1.45. The van der Waals surface area contributed by atoms with E-state index in [0.717, 1.165) is 0 Å². The molecule has 1 aromatic rings. The summed E-state index contributed by atoms with van der Waals surface area (Å²) >= 11 is 0. The lowest BCUT2D eigenvalue weighted by molar-refractivity contribution is -0.116. The van der Waals surface area contributed by atoms with Gasteiger partial charge in [0, 0.05) is 30.9 Å². The van der Waals surface area contributed by atoms with E-state index in [-0.39, 0.29) is 11.7 Å². The Labute approximate surface area is 102 Å². The number of hydrogen-bond donors (Lipinski definition) is 2. The van der Waals surface area contributed by atoms with Crippen LogP contribution in [0.4, 0.5) is 5.69 Å². The van der Waals surface area contributed by atoms with Crippen LogP contribution in [0.25, 0.3) is 0 Å². The summed E-state index contributed by atoms with van der Waals surface area (Å²) in [6.07, 6.45) is 1.13. The molecule has 0 aliphatic carbocycles. The highest BCUT2D eigenvalue weighted by Crippen LogP contribution is 2.23. The van der Waals surface area contributed by atoms with Crippen molar-refractivity contribution < 1.29 is 14.6 Å². The van der Waals surface area contributed by atoms with Crippen molar-refractivity contribution in [1.29, 1.82) is 0 Å². The maximum atomic E-state index is 11.6. The SMILES string of the molecule is CCOCCCC(=O)Nc1cccc(O)c1C. The van der Waals surface area contributed by atoms with Crippen LogP contribution < -0.4 is 5.32 Å². The Hall–Kier alpha value is -1.55. The predicted molar refractivity (Wildman–Crippen MR) is 67.2 cm³/mol. The van der Waals surface area contributed by atoms with Gasteiger partial charge in [-0.15, -0.1) is 0 Å². The predicted octanol–water partition coefficient (Wildman–Crippen LogP) is 2.46. The number of anilines is 1. The molecule has 0 atom stereocenters. The summed E-state index contributed by atoms with van der Waals surface area (Å²) in [6, 6.07) is 5.08. The summed E-state index contributed by atoms with van der Waals surface area (Å²) in [6.45, 7) is 4.97. The Balaban J connectivity index is 2.43. The van der Waals surface area contributed by atoms with Crippen LogP contribution in [0.15, 0.2) is 18.2 Å². The molecule has 0 aliphatic heterocycles. The third-order valence-corrected chi connectivity index (χ3v) is 2.48. The number of nitrogens with one attached hydrogen (secondary N) is 1. The van der Waals surface area contributed by atoms with E-state index in [9.17, 15) is 9.90 Å². The van der Waals surface area contributed by atoms with Gasteiger partial charge in [0.15, 0.2) is 0 Å². The molecule has 0 radical (unpaired) electrons. The monoisotopic (exact) mass is 237 g/mol. The van der Waals surface area contributed by atoms with Crippen LogP contribution in [0.2, 0.25) is 0 Å². The van der Waals surface area contributed by atoms with Gasteiger partial charge >= 0.3 is 0 Å². The summed E-state index contributed by atoms with van der Waals surface area (Å²) in [7, 11) is 0. The molecule has 94 valence electrons. The van der Waals surface area contributed by atoms with Gasteiger partial charge in [0.05, 0.1) is 0 Å². The molecule has 17 heavy (non-hydrogen) atoms. The minimum atomic E-state index is -0.0570. The Kier molecular flexibility index (Phi) is 5.49. The van der Waals surface area contributed by atoms with Gasteiger partial charge in [-0.25, -0.2) is 0 Å². The number of rotatable bonds is 6. The maximum absolute atomic E-state index is 11.6. The van der Waals surface area contributed by atoms with Crippen molar-refractivity contribution in [1.82, 2.24) is 0 Å². The van der Waals surface area contributed by atoms with E-state index >= 15 is 0 Å². The van der Waals surface area contributed by atoms with Gasteiger partial charge in [0.25, 0.3) is 0 Å². The number of benzene rings is 1. The molecule has 0 aromatic heterocycles. The van der Waals surface area contributed by atoms with Crippen LogP contribution in [0, 0.1) is 6.92 Å². The van der Waals surface area contributed by atoms with E-state index in [1.54, 1.807) is 25.1 Å². The first kappa shape index (κ1) is 13.5. The second kappa shape index (κ2) is 6.91. The molecule has 0 heterocycles. The van der Waals surface area contributed by atoms with Crippen molar-refractivity contribution >= 4 is 11.6 Å². The lowest BCUT2D eigenvalue weighted by Crippen LogP contribution is -2.13. The van der Waals surface area contributed by atoms with E-state index in [1.807, 2.05) is 6.92 Å². The Morgan fingerprint density at radius 2 is 2.24 bits per heavy atom. The summed E-state index contributed by atoms with van der Waals surface area (Å²) in [5.74, 6) is 0.135. The van der Waals surface area contributed by atoms with E-state index in [0.29, 0.717) is 37.3 Å². The number of phenols is 1. The van der Waals surface area contributed by atoms with Crippen LogP contribution in [0.1, 0.15) is 25.3 Å². The van der Waals surface area contributed by atoms with Gasteiger partial charge in [0.2, 0.25) is 5.91 Å².